The Bertz CT molecular complexity index is 955. The summed E-state index contributed by atoms with van der Waals surface area (Å²) in [7, 11) is 0. The van der Waals surface area contributed by atoms with E-state index in [4.69, 9.17) is 5.10 Å². The van der Waals surface area contributed by atoms with Crippen LogP contribution in [0.1, 0.15) is 23.9 Å². The summed E-state index contributed by atoms with van der Waals surface area (Å²) in [6, 6.07) is 21.1. The number of rotatable bonds is 4. The molecule has 1 aliphatic carbocycles. The number of nitrogens with zero attached hydrogens (tertiary/aromatic N) is 3. The number of hydrogen-bond donors (Lipinski definition) is 0. The SMILES string of the molecule is Cc1ncn(C(C2=CC(C)C=CC=C2)(c2ccccc2)c2ccccc2)n1. The lowest BCUT2D eigenvalue weighted by atomic mass is 9.75. The van der Waals surface area contributed by atoms with E-state index < -0.39 is 5.54 Å². The first-order chi connectivity index (χ1) is 13.2. The van der Waals surface area contributed by atoms with Gasteiger partial charge in [-0.1, -0.05) is 98.0 Å². The molecule has 4 rings (SSSR count). The van der Waals surface area contributed by atoms with Crippen LogP contribution in [0.15, 0.2) is 103 Å². The van der Waals surface area contributed by atoms with Gasteiger partial charge in [-0.25, -0.2) is 9.67 Å². The molecule has 0 aliphatic heterocycles. The first-order valence-corrected chi connectivity index (χ1v) is 9.28. The Balaban J connectivity index is 2.10. The van der Waals surface area contributed by atoms with Gasteiger partial charge < -0.3 is 0 Å². The van der Waals surface area contributed by atoms with Crippen molar-refractivity contribution in [3.05, 3.63) is 120 Å². The second kappa shape index (κ2) is 7.20. The Labute approximate surface area is 160 Å². The van der Waals surface area contributed by atoms with Crippen molar-refractivity contribution in [1.82, 2.24) is 14.8 Å². The number of aryl methyl sites for hydroxylation is 1. The Hall–Kier alpha value is -3.20. The van der Waals surface area contributed by atoms with Crippen LogP contribution >= 0.6 is 0 Å². The highest BCUT2D eigenvalue weighted by Gasteiger charge is 2.40. The van der Waals surface area contributed by atoms with Crippen LogP contribution in [0.5, 0.6) is 0 Å². The molecule has 2 aromatic carbocycles. The van der Waals surface area contributed by atoms with Crippen LogP contribution in [0.25, 0.3) is 0 Å². The lowest BCUT2D eigenvalue weighted by molar-refractivity contribution is 0.453. The van der Waals surface area contributed by atoms with Crippen molar-refractivity contribution >= 4 is 0 Å². The van der Waals surface area contributed by atoms with E-state index in [2.05, 4.69) is 90.8 Å². The number of allylic oxidation sites excluding steroid dienone is 6. The molecule has 0 fully saturated rings. The maximum absolute atomic E-state index is 4.78. The molecular weight excluding hydrogens is 330 g/mol. The summed E-state index contributed by atoms with van der Waals surface area (Å²) in [6.45, 7) is 4.13. The molecular formula is C24H23N3. The molecule has 3 nitrogen and oxygen atoms in total. The van der Waals surface area contributed by atoms with Crippen molar-refractivity contribution in [2.24, 2.45) is 5.92 Å². The molecule has 27 heavy (non-hydrogen) atoms. The Morgan fingerprint density at radius 2 is 1.52 bits per heavy atom. The molecule has 134 valence electrons. The summed E-state index contributed by atoms with van der Waals surface area (Å²) in [5.41, 5.74) is 2.92. The zero-order valence-corrected chi connectivity index (χ0v) is 15.7. The van der Waals surface area contributed by atoms with Crippen molar-refractivity contribution in [2.45, 2.75) is 19.4 Å². The zero-order chi connectivity index (χ0) is 18.7. The molecule has 3 heteroatoms. The summed E-state index contributed by atoms with van der Waals surface area (Å²) in [5.74, 6) is 1.09. The lowest BCUT2D eigenvalue weighted by Crippen LogP contribution is -2.39. The molecule has 0 amide bonds. The van der Waals surface area contributed by atoms with E-state index in [0.29, 0.717) is 5.92 Å². The molecule has 0 spiro atoms. The van der Waals surface area contributed by atoms with Crippen molar-refractivity contribution < 1.29 is 0 Å². The van der Waals surface area contributed by atoms with Crippen molar-refractivity contribution in [3.63, 3.8) is 0 Å². The molecule has 0 bridgehead atoms. The fraction of sp³-hybridized carbons (Fsp3) is 0.167. The second-order valence-corrected chi connectivity index (χ2v) is 6.90. The minimum atomic E-state index is -0.583. The second-order valence-electron chi connectivity index (χ2n) is 6.90. The van der Waals surface area contributed by atoms with Gasteiger partial charge in [-0.15, -0.1) is 0 Å². The average molecular weight is 353 g/mol. The topological polar surface area (TPSA) is 30.7 Å². The third-order valence-corrected chi connectivity index (χ3v) is 4.99. The Morgan fingerprint density at radius 1 is 0.889 bits per heavy atom. The fourth-order valence-corrected chi connectivity index (χ4v) is 3.80. The molecule has 1 unspecified atom stereocenters. The molecule has 1 atom stereocenters. The van der Waals surface area contributed by atoms with Crippen molar-refractivity contribution in [1.29, 1.82) is 0 Å². The maximum atomic E-state index is 4.78. The smallest absolute Gasteiger partial charge is 0.147 e. The molecule has 1 heterocycles. The van der Waals surface area contributed by atoms with Crippen molar-refractivity contribution in [3.8, 4) is 0 Å². The quantitative estimate of drug-likeness (QED) is 0.656. The largest absolute Gasteiger partial charge is 0.233 e. The van der Waals surface area contributed by atoms with E-state index in [-0.39, 0.29) is 0 Å². The van der Waals surface area contributed by atoms with Gasteiger partial charge in [0, 0.05) is 0 Å². The third kappa shape index (κ3) is 3.06. The summed E-state index contributed by atoms with van der Waals surface area (Å²) in [6.07, 6.45) is 12.8. The standard InChI is InChI=1S/C24H23N3/c1-19-11-9-10-16-23(17-19)24(21-12-5-3-6-13-21,22-14-7-4-8-15-22)27-18-25-20(2)26-27/h3-19H,1-2H3. The highest BCUT2D eigenvalue weighted by Crippen LogP contribution is 2.42. The van der Waals surface area contributed by atoms with Crippen LogP contribution in [-0.4, -0.2) is 14.8 Å². The molecule has 0 saturated carbocycles. The normalized spacial score (nSPS) is 16.8. The fourth-order valence-electron chi connectivity index (χ4n) is 3.80. The van der Waals surface area contributed by atoms with Crippen LogP contribution < -0.4 is 0 Å². The van der Waals surface area contributed by atoms with Crippen LogP contribution in [0.4, 0.5) is 0 Å². The van der Waals surface area contributed by atoms with Crippen LogP contribution in [-0.2, 0) is 5.54 Å². The summed E-state index contributed by atoms with van der Waals surface area (Å²) in [4.78, 5) is 4.46. The first-order valence-electron chi connectivity index (χ1n) is 9.28. The van der Waals surface area contributed by atoms with Gasteiger partial charge in [0.25, 0.3) is 0 Å². The zero-order valence-electron chi connectivity index (χ0n) is 15.7. The van der Waals surface area contributed by atoms with E-state index in [1.54, 1.807) is 0 Å². The van der Waals surface area contributed by atoms with E-state index in [0.717, 1.165) is 17.0 Å². The van der Waals surface area contributed by atoms with Crippen LogP contribution in [0.3, 0.4) is 0 Å². The average Bonchev–Trinajstić information content (AvgIpc) is 3.01. The van der Waals surface area contributed by atoms with Crippen molar-refractivity contribution in [2.75, 3.05) is 0 Å². The van der Waals surface area contributed by atoms with Gasteiger partial charge in [0.1, 0.15) is 17.7 Å². The lowest BCUT2D eigenvalue weighted by Gasteiger charge is -2.37. The minimum Gasteiger partial charge on any atom is -0.233 e. The van der Waals surface area contributed by atoms with Gasteiger partial charge >= 0.3 is 0 Å². The first kappa shape index (κ1) is 17.2. The van der Waals surface area contributed by atoms with E-state index in [1.807, 2.05) is 30.1 Å². The number of benzene rings is 2. The minimum absolute atomic E-state index is 0.325. The van der Waals surface area contributed by atoms with Gasteiger partial charge in [0.15, 0.2) is 0 Å². The molecule has 0 saturated heterocycles. The summed E-state index contributed by atoms with van der Waals surface area (Å²) < 4.78 is 2.00. The number of hydrogen-bond acceptors (Lipinski definition) is 2. The number of aromatic nitrogens is 3. The maximum Gasteiger partial charge on any atom is 0.147 e. The summed E-state index contributed by atoms with van der Waals surface area (Å²) >= 11 is 0. The van der Waals surface area contributed by atoms with E-state index in [1.165, 1.54) is 5.57 Å². The van der Waals surface area contributed by atoms with Gasteiger partial charge in [-0.05, 0) is 29.5 Å². The molecule has 3 aromatic rings. The monoisotopic (exact) mass is 353 g/mol. The molecule has 0 radical (unpaired) electrons. The highest BCUT2D eigenvalue weighted by atomic mass is 15.4. The molecule has 1 aromatic heterocycles. The predicted molar refractivity (Wildman–Crippen MR) is 109 cm³/mol. The Morgan fingerprint density at radius 3 is 2.07 bits per heavy atom. The van der Waals surface area contributed by atoms with Gasteiger partial charge in [-0.3, -0.25) is 0 Å². The summed E-state index contributed by atoms with van der Waals surface area (Å²) in [5, 5.41) is 4.78. The van der Waals surface area contributed by atoms with Gasteiger partial charge in [-0.2, -0.15) is 5.10 Å². The molecule has 1 aliphatic rings. The van der Waals surface area contributed by atoms with Gasteiger partial charge in [0.2, 0.25) is 0 Å². The van der Waals surface area contributed by atoms with Gasteiger partial charge in [0.05, 0.1) is 0 Å². The third-order valence-electron chi connectivity index (χ3n) is 4.99. The van der Waals surface area contributed by atoms with Crippen LogP contribution in [0.2, 0.25) is 0 Å². The predicted octanol–water partition coefficient (Wildman–Crippen LogP) is 5.07. The van der Waals surface area contributed by atoms with Crippen LogP contribution in [0, 0.1) is 12.8 Å². The Kier molecular flexibility index (Phi) is 4.59. The van der Waals surface area contributed by atoms with E-state index >= 15 is 0 Å². The highest BCUT2D eigenvalue weighted by molar-refractivity contribution is 5.53. The molecule has 0 N–H and O–H groups in total. The van der Waals surface area contributed by atoms with E-state index in [9.17, 15) is 0 Å².